The highest BCUT2D eigenvalue weighted by Crippen LogP contribution is 2.32. The second kappa shape index (κ2) is 5.11. The molecule has 0 saturated heterocycles. The van der Waals surface area contributed by atoms with E-state index in [1.54, 1.807) is 0 Å². The lowest BCUT2D eigenvalue weighted by Gasteiger charge is -2.00. The molecule has 0 bridgehead atoms. The van der Waals surface area contributed by atoms with Crippen LogP contribution in [0.4, 0.5) is 0 Å². The van der Waals surface area contributed by atoms with Crippen molar-refractivity contribution in [2.45, 2.75) is 6.92 Å². The van der Waals surface area contributed by atoms with Crippen LogP contribution in [0, 0.1) is 0 Å². The third-order valence-corrected chi connectivity index (χ3v) is 3.00. The first kappa shape index (κ1) is 11.7. The van der Waals surface area contributed by atoms with E-state index in [1.165, 1.54) is 0 Å². The Hall–Kier alpha value is -2.35. The highest BCUT2D eigenvalue weighted by atomic mass is 16.6. The molecule has 0 aliphatic heterocycles. The monoisotopic (exact) mass is 251 g/mol. The lowest BCUT2D eigenvalue weighted by molar-refractivity contribution is 0.260. The van der Waals surface area contributed by atoms with E-state index in [0.717, 1.165) is 22.1 Å². The first-order chi connectivity index (χ1) is 9.38. The summed E-state index contributed by atoms with van der Waals surface area (Å²) in [7, 11) is 0. The van der Waals surface area contributed by atoms with Crippen LogP contribution in [0.3, 0.4) is 0 Å². The normalized spacial score (nSPS) is 10.6. The zero-order valence-electron chi connectivity index (χ0n) is 10.8. The molecule has 3 aromatic rings. The van der Waals surface area contributed by atoms with Gasteiger partial charge in [-0.1, -0.05) is 36.4 Å². The molecule has 0 unspecified atom stereocenters. The molecule has 1 aromatic heterocycles. The Morgan fingerprint density at radius 3 is 2.47 bits per heavy atom. The fourth-order valence-electron chi connectivity index (χ4n) is 2.12. The van der Waals surface area contributed by atoms with Gasteiger partial charge < -0.3 is 4.74 Å². The van der Waals surface area contributed by atoms with Crippen molar-refractivity contribution in [2.75, 3.05) is 6.61 Å². The van der Waals surface area contributed by atoms with Gasteiger partial charge in [-0.05, 0) is 25.1 Å². The third kappa shape index (κ3) is 2.29. The Morgan fingerprint density at radius 1 is 0.947 bits per heavy atom. The first-order valence-corrected chi connectivity index (χ1v) is 6.42. The molecular formula is C17H15O2+. The summed E-state index contributed by atoms with van der Waals surface area (Å²) in [5.41, 5.74) is 1.05. The van der Waals surface area contributed by atoms with Crippen molar-refractivity contribution < 1.29 is 9.15 Å². The molecule has 19 heavy (non-hydrogen) atoms. The second-order valence-electron chi connectivity index (χ2n) is 4.28. The fourth-order valence-corrected chi connectivity index (χ4v) is 2.12. The molecule has 1 heterocycles. The quantitative estimate of drug-likeness (QED) is 0.624. The molecule has 0 atom stereocenters. The van der Waals surface area contributed by atoms with E-state index >= 15 is 0 Å². The zero-order valence-corrected chi connectivity index (χ0v) is 10.8. The Labute approximate surface area is 112 Å². The maximum absolute atomic E-state index is 5.89. The van der Waals surface area contributed by atoms with Gasteiger partial charge in [-0.25, -0.2) is 0 Å². The van der Waals surface area contributed by atoms with Gasteiger partial charge in [0.1, 0.15) is 5.39 Å². The average molecular weight is 251 g/mol. The van der Waals surface area contributed by atoms with Crippen molar-refractivity contribution in [1.29, 1.82) is 0 Å². The lowest BCUT2D eigenvalue weighted by Crippen LogP contribution is -1.93. The maximum Gasteiger partial charge on any atom is 0.526 e. The van der Waals surface area contributed by atoms with E-state index in [1.807, 2.05) is 61.5 Å². The standard InChI is InChI=1S/C17H15O2/c1-2-18-17-15-11-7-6-10-14(15)12-16(19-17)13-8-4-3-5-9-13/h3-12H,2H2,1H3/q+1. The minimum absolute atomic E-state index is 0.583. The minimum atomic E-state index is 0.583. The molecule has 0 spiro atoms. The predicted octanol–water partition coefficient (Wildman–Crippen LogP) is 4.78. The van der Waals surface area contributed by atoms with Crippen LogP contribution in [-0.2, 0) is 0 Å². The summed E-state index contributed by atoms with van der Waals surface area (Å²) in [6, 6.07) is 20.2. The molecule has 0 aliphatic rings. The molecule has 2 nitrogen and oxygen atoms in total. The Bertz CT molecular complexity index is 690. The number of hydrogen-bond donors (Lipinski definition) is 0. The molecule has 0 amide bonds. The number of ether oxygens (including phenoxy) is 1. The fraction of sp³-hybridized carbons (Fsp3) is 0.118. The molecule has 0 N–H and O–H groups in total. The Kier molecular flexibility index (Phi) is 3.15. The van der Waals surface area contributed by atoms with E-state index in [9.17, 15) is 0 Å². The van der Waals surface area contributed by atoms with Gasteiger partial charge in [0.2, 0.25) is 0 Å². The van der Waals surface area contributed by atoms with Crippen molar-refractivity contribution in [3.63, 3.8) is 0 Å². The Balaban J connectivity index is 2.22. The highest BCUT2D eigenvalue weighted by Gasteiger charge is 2.18. The zero-order chi connectivity index (χ0) is 13.1. The number of rotatable bonds is 3. The van der Waals surface area contributed by atoms with Crippen molar-refractivity contribution >= 4 is 10.8 Å². The van der Waals surface area contributed by atoms with Crippen molar-refractivity contribution in [3.05, 3.63) is 60.7 Å². The first-order valence-electron chi connectivity index (χ1n) is 6.42. The van der Waals surface area contributed by atoms with Gasteiger partial charge in [-0.3, -0.25) is 4.42 Å². The van der Waals surface area contributed by atoms with Crippen molar-refractivity contribution in [2.24, 2.45) is 0 Å². The van der Waals surface area contributed by atoms with E-state index in [-0.39, 0.29) is 0 Å². The maximum atomic E-state index is 5.89. The second-order valence-corrected chi connectivity index (χ2v) is 4.28. The van der Waals surface area contributed by atoms with Crippen LogP contribution in [0.2, 0.25) is 0 Å². The summed E-state index contributed by atoms with van der Waals surface area (Å²) >= 11 is 0. The summed E-state index contributed by atoms with van der Waals surface area (Å²) < 4.78 is 11.5. The van der Waals surface area contributed by atoms with E-state index in [0.29, 0.717) is 12.6 Å². The predicted molar refractivity (Wildman–Crippen MR) is 77.2 cm³/mol. The molecule has 3 rings (SSSR count). The molecule has 0 radical (unpaired) electrons. The molecule has 94 valence electrons. The summed E-state index contributed by atoms with van der Waals surface area (Å²) in [6.45, 7) is 2.55. The molecule has 0 fully saturated rings. The average Bonchev–Trinajstić information content (AvgIpc) is 2.48. The molecule has 2 aromatic carbocycles. The molecular weight excluding hydrogens is 236 g/mol. The summed E-state index contributed by atoms with van der Waals surface area (Å²) in [4.78, 5) is 0. The number of hydrogen-bond acceptors (Lipinski definition) is 1. The van der Waals surface area contributed by atoms with Gasteiger partial charge in [-0.15, -0.1) is 0 Å². The lowest BCUT2D eigenvalue weighted by atomic mass is 10.1. The van der Waals surface area contributed by atoms with Gasteiger partial charge in [0.05, 0.1) is 0 Å². The molecule has 0 aliphatic carbocycles. The highest BCUT2D eigenvalue weighted by molar-refractivity contribution is 5.88. The Morgan fingerprint density at radius 2 is 1.68 bits per heavy atom. The van der Waals surface area contributed by atoms with Gasteiger partial charge in [0.15, 0.2) is 6.61 Å². The van der Waals surface area contributed by atoms with Gasteiger partial charge in [0, 0.05) is 17.0 Å². The summed E-state index contributed by atoms with van der Waals surface area (Å²) in [5.74, 6) is 1.40. The van der Waals surface area contributed by atoms with Crippen LogP contribution >= 0.6 is 0 Å². The van der Waals surface area contributed by atoms with Crippen LogP contribution in [-0.4, -0.2) is 6.61 Å². The summed E-state index contributed by atoms with van der Waals surface area (Å²) in [6.07, 6.45) is 0. The minimum Gasteiger partial charge on any atom is -0.318 e. The third-order valence-electron chi connectivity index (χ3n) is 3.00. The van der Waals surface area contributed by atoms with Gasteiger partial charge in [0.25, 0.3) is 5.76 Å². The van der Waals surface area contributed by atoms with E-state index in [2.05, 4.69) is 6.07 Å². The van der Waals surface area contributed by atoms with E-state index < -0.39 is 0 Å². The smallest absolute Gasteiger partial charge is 0.318 e. The van der Waals surface area contributed by atoms with Gasteiger partial charge >= 0.3 is 5.95 Å². The van der Waals surface area contributed by atoms with Crippen LogP contribution < -0.4 is 4.74 Å². The molecule has 2 heteroatoms. The van der Waals surface area contributed by atoms with Crippen LogP contribution in [0.15, 0.2) is 65.1 Å². The van der Waals surface area contributed by atoms with E-state index in [4.69, 9.17) is 9.15 Å². The summed E-state index contributed by atoms with van der Waals surface area (Å²) in [5, 5.41) is 2.13. The number of benzene rings is 2. The van der Waals surface area contributed by atoms with Gasteiger partial charge in [-0.2, -0.15) is 0 Å². The van der Waals surface area contributed by atoms with Crippen molar-refractivity contribution in [1.82, 2.24) is 0 Å². The van der Waals surface area contributed by atoms with Crippen LogP contribution in [0.1, 0.15) is 6.92 Å². The SMILES string of the molecule is CCOc1[o+]c(-c2ccccc2)cc2ccccc12. The van der Waals surface area contributed by atoms with Crippen LogP contribution in [0.5, 0.6) is 5.95 Å². The van der Waals surface area contributed by atoms with Crippen LogP contribution in [0.25, 0.3) is 22.1 Å². The number of fused-ring (bicyclic) bond motifs is 1. The van der Waals surface area contributed by atoms with Crippen molar-refractivity contribution in [3.8, 4) is 17.3 Å². The largest absolute Gasteiger partial charge is 0.526 e. The molecule has 0 saturated carbocycles. The topological polar surface area (TPSA) is 20.5 Å².